The Morgan fingerprint density at radius 3 is 2.79 bits per heavy atom. The Labute approximate surface area is 120 Å². The Morgan fingerprint density at radius 1 is 1.32 bits per heavy atom. The number of pyridine rings is 1. The van der Waals surface area contributed by atoms with Gasteiger partial charge in [0, 0.05) is 32.4 Å². The van der Waals surface area contributed by atoms with Crippen molar-refractivity contribution in [3.05, 3.63) is 18.3 Å². The second-order valence-electron chi connectivity index (χ2n) is 4.80. The predicted molar refractivity (Wildman–Crippen MR) is 84.9 cm³/mol. The van der Waals surface area contributed by atoms with Gasteiger partial charge in [-0.15, -0.1) is 0 Å². The predicted octanol–water partition coefficient (Wildman–Crippen LogP) is 1.93. The van der Waals surface area contributed by atoms with E-state index in [1.807, 2.05) is 30.1 Å². The molecule has 0 amide bonds. The monoisotopic (exact) mass is 280 g/mol. The molecule has 0 aromatic carbocycles. The summed E-state index contributed by atoms with van der Waals surface area (Å²) in [6, 6.07) is 3.82. The first-order chi connectivity index (χ1) is 9.31. The lowest BCUT2D eigenvalue weighted by Gasteiger charge is -2.35. The van der Waals surface area contributed by atoms with Crippen LogP contribution in [-0.4, -0.2) is 54.1 Å². The lowest BCUT2D eigenvalue weighted by Crippen LogP contribution is -2.47. The molecule has 0 bridgehead atoms. The fourth-order valence-corrected chi connectivity index (χ4v) is 3.01. The summed E-state index contributed by atoms with van der Waals surface area (Å²) in [6.07, 6.45) is 3.12. The van der Waals surface area contributed by atoms with Crippen LogP contribution in [0.3, 0.4) is 0 Å². The molecule has 1 aliphatic rings. The van der Waals surface area contributed by atoms with Gasteiger partial charge in [-0.3, -0.25) is 4.90 Å². The molecule has 1 aliphatic heterocycles. The van der Waals surface area contributed by atoms with Crippen molar-refractivity contribution < 1.29 is 0 Å². The quantitative estimate of drug-likeness (QED) is 0.807. The number of anilines is 2. The van der Waals surface area contributed by atoms with Gasteiger partial charge in [0.1, 0.15) is 0 Å². The number of nitrogens with two attached hydrogens (primary N) is 1. The second-order valence-corrected chi connectivity index (χ2v) is 6.19. The summed E-state index contributed by atoms with van der Waals surface area (Å²) in [5.74, 6) is 3.46. The number of rotatable bonds is 6. The fourth-order valence-electron chi connectivity index (χ4n) is 2.39. The van der Waals surface area contributed by atoms with E-state index in [1.165, 1.54) is 24.5 Å². The number of nitrogen functional groups attached to an aromatic ring is 1. The van der Waals surface area contributed by atoms with Gasteiger partial charge in [-0.05, 0) is 36.6 Å². The van der Waals surface area contributed by atoms with Crippen LogP contribution < -0.4 is 10.6 Å². The van der Waals surface area contributed by atoms with Gasteiger partial charge in [-0.25, -0.2) is 4.98 Å². The van der Waals surface area contributed by atoms with Crippen LogP contribution in [0.4, 0.5) is 11.5 Å². The van der Waals surface area contributed by atoms with Gasteiger partial charge in [0.2, 0.25) is 0 Å². The molecule has 0 radical (unpaired) electrons. The summed E-state index contributed by atoms with van der Waals surface area (Å²) >= 11 is 2.03. The Balaban J connectivity index is 1.75. The Hall–Kier alpha value is -0.940. The molecule has 0 saturated carbocycles. The highest BCUT2D eigenvalue weighted by Crippen LogP contribution is 2.20. The Bertz CT molecular complexity index is 377. The van der Waals surface area contributed by atoms with Crippen molar-refractivity contribution in [3.8, 4) is 0 Å². The molecule has 2 N–H and O–H groups in total. The summed E-state index contributed by atoms with van der Waals surface area (Å²) in [7, 11) is 0. The van der Waals surface area contributed by atoms with Crippen molar-refractivity contribution in [2.45, 2.75) is 13.3 Å². The van der Waals surface area contributed by atoms with Crippen LogP contribution in [0.15, 0.2) is 18.3 Å². The van der Waals surface area contributed by atoms with Crippen LogP contribution in [0, 0.1) is 0 Å². The molecule has 1 aromatic heterocycles. The molecule has 1 fully saturated rings. The lowest BCUT2D eigenvalue weighted by molar-refractivity contribution is 0.259. The van der Waals surface area contributed by atoms with Crippen LogP contribution in [0.1, 0.15) is 13.3 Å². The van der Waals surface area contributed by atoms with E-state index in [4.69, 9.17) is 5.73 Å². The van der Waals surface area contributed by atoms with Crippen molar-refractivity contribution in [2.24, 2.45) is 0 Å². The van der Waals surface area contributed by atoms with Crippen LogP contribution in [0.5, 0.6) is 0 Å². The summed E-state index contributed by atoms with van der Waals surface area (Å²) in [4.78, 5) is 9.24. The maximum absolute atomic E-state index is 5.98. The van der Waals surface area contributed by atoms with E-state index < -0.39 is 0 Å². The van der Waals surface area contributed by atoms with E-state index >= 15 is 0 Å². The van der Waals surface area contributed by atoms with Crippen molar-refractivity contribution in [1.82, 2.24) is 9.88 Å². The van der Waals surface area contributed by atoms with Gasteiger partial charge in [0.15, 0.2) is 5.82 Å². The molecule has 5 heteroatoms. The molecule has 0 aliphatic carbocycles. The van der Waals surface area contributed by atoms with E-state index in [0.717, 1.165) is 37.7 Å². The highest BCUT2D eigenvalue weighted by Gasteiger charge is 2.18. The first-order valence-electron chi connectivity index (χ1n) is 7.07. The first-order valence-corrected chi connectivity index (χ1v) is 8.22. The van der Waals surface area contributed by atoms with Gasteiger partial charge >= 0.3 is 0 Å². The Kier molecular flexibility index (Phi) is 5.79. The average molecular weight is 280 g/mol. The summed E-state index contributed by atoms with van der Waals surface area (Å²) < 4.78 is 0. The maximum Gasteiger partial charge on any atom is 0.151 e. The molecular weight excluding hydrogens is 256 g/mol. The standard InChI is InChI=1S/C14H24N4S/c1-2-19-12-4-7-17-8-10-18(11-9-17)14-13(15)5-3-6-16-14/h3,5-6H,2,4,7-12,15H2,1H3. The highest BCUT2D eigenvalue weighted by molar-refractivity contribution is 7.99. The molecule has 2 rings (SSSR count). The zero-order valence-electron chi connectivity index (χ0n) is 11.7. The lowest BCUT2D eigenvalue weighted by atomic mass is 10.2. The molecule has 0 atom stereocenters. The first kappa shape index (κ1) is 14.5. The third-order valence-corrected chi connectivity index (χ3v) is 4.44. The number of thioether (sulfide) groups is 1. The van der Waals surface area contributed by atoms with E-state index in [9.17, 15) is 0 Å². The van der Waals surface area contributed by atoms with Crippen LogP contribution in [0.25, 0.3) is 0 Å². The number of hydrogen-bond donors (Lipinski definition) is 1. The summed E-state index contributed by atoms with van der Waals surface area (Å²) in [5, 5.41) is 0. The topological polar surface area (TPSA) is 45.4 Å². The Morgan fingerprint density at radius 2 is 2.11 bits per heavy atom. The minimum Gasteiger partial charge on any atom is -0.396 e. The molecular formula is C14H24N4S. The summed E-state index contributed by atoms with van der Waals surface area (Å²) in [6.45, 7) is 7.74. The molecule has 2 heterocycles. The van der Waals surface area contributed by atoms with Gasteiger partial charge in [0.25, 0.3) is 0 Å². The highest BCUT2D eigenvalue weighted by atomic mass is 32.2. The molecule has 4 nitrogen and oxygen atoms in total. The molecule has 1 saturated heterocycles. The molecule has 19 heavy (non-hydrogen) atoms. The average Bonchev–Trinajstić information content (AvgIpc) is 2.45. The summed E-state index contributed by atoms with van der Waals surface area (Å²) in [5.41, 5.74) is 6.77. The minimum absolute atomic E-state index is 0.787. The van der Waals surface area contributed by atoms with Crippen molar-refractivity contribution >= 4 is 23.3 Å². The van der Waals surface area contributed by atoms with Gasteiger partial charge in [0.05, 0.1) is 5.69 Å². The smallest absolute Gasteiger partial charge is 0.151 e. The zero-order valence-corrected chi connectivity index (χ0v) is 12.5. The minimum atomic E-state index is 0.787. The van der Waals surface area contributed by atoms with E-state index in [-0.39, 0.29) is 0 Å². The number of aromatic nitrogens is 1. The van der Waals surface area contributed by atoms with E-state index in [2.05, 4.69) is 21.7 Å². The SMILES string of the molecule is CCSCCCN1CCN(c2ncccc2N)CC1. The van der Waals surface area contributed by atoms with Gasteiger partial charge < -0.3 is 10.6 Å². The van der Waals surface area contributed by atoms with Crippen LogP contribution >= 0.6 is 11.8 Å². The normalized spacial score (nSPS) is 16.8. The van der Waals surface area contributed by atoms with Gasteiger partial charge in [-0.2, -0.15) is 11.8 Å². The third kappa shape index (κ3) is 4.28. The van der Waals surface area contributed by atoms with Crippen LogP contribution in [0.2, 0.25) is 0 Å². The zero-order chi connectivity index (χ0) is 13.5. The molecule has 0 unspecified atom stereocenters. The maximum atomic E-state index is 5.98. The number of piperazine rings is 1. The van der Waals surface area contributed by atoms with Crippen molar-refractivity contribution in [1.29, 1.82) is 0 Å². The molecule has 106 valence electrons. The molecule has 0 spiro atoms. The van der Waals surface area contributed by atoms with E-state index in [1.54, 1.807) is 0 Å². The largest absolute Gasteiger partial charge is 0.396 e. The number of nitrogens with zero attached hydrogens (tertiary/aromatic N) is 3. The fraction of sp³-hybridized carbons (Fsp3) is 0.643. The van der Waals surface area contributed by atoms with Gasteiger partial charge in [-0.1, -0.05) is 6.92 Å². The van der Waals surface area contributed by atoms with E-state index in [0.29, 0.717) is 0 Å². The van der Waals surface area contributed by atoms with Crippen molar-refractivity contribution in [2.75, 3.05) is 54.9 Å². The molecule has 1 aromatic rings. The third-order valence-electron chi connectivity index (χ3n) is 3.46. The van der Waals surface area contributed by atoms with Crippen molar-refractivity contribution in [3.63, 3.8) is 0 Å². The number of hydrogen-bond acceptors (Lipinski definition) is 5. The van der Waals surface area contributed by atoms with Crippen LogP contribution in [-0.2, 0) is 0 Å². The second kappa shape index (κ2) is 7.60.